The molecule has 1 unspecified atom stereocenters. The van der Waals surface area contributed by atoms with E-state index in [1.807, 2.05) is 0 Å². The lowest BCUT2D eigenvalue weighted by Crippen LogP contribution is -2.15. The van der Waals surface area contributed by atoms with Gasteiger partial charge >= 0.3 is 0 Å². The molecule has 1 atom stereocenters. The number of aromatic amines is 1. The van der Waals surface area contributed by atoms with E-state index >= 15 is 0 Å². The fourth-order valence-electron chi connectivity index (χ4n) is 1.45. The molecule has 11 heavy (non-hydrogen) atoms. The van der Waals surface area contributed by atoms with E-state index in [2.05, 4.69) is 15.3 Å². The molecule has 0 bridgehead atoms. The van der Waals surface area contributed by atoms with E-state index in [0.29, 0.717) is 11.6 Å². The van der Waals surface area contributed by atoms with Gasteiger partial charge in [-0.2, -0.15) is 0 Å². The van der Waals surface area contributed by atoms with Gasteiger partial charge in [0.15, 0.2) is 0 Å². The Balaban J connectivity index is 2.15. The average Bonchev–Trinajstić information content (AvgIpc) is 2.55. The summed E-state index contributed by atoms with van der Waals surface area (Å²) in [7, 11) is 5.50. The van der Waals surface area contributed by atoms with Crippen LogP contribution in [0, 0.1) is 0 Å². The normalized spacial score (nSPS) is 24.2. The zero-order valence-corrected chi connectivity index (χ0v) is 6.30. The van der Waals surface area contributed by atoms with Crippen LogP contribution in [0.25, 0.3) is 0 Å². The third-order valence-electron chi connectivity index (χ3n) is 2.01. The first kappa shape index (κ1) is 6.92. The highest BCUT2D eigenvalue weighted by Gasteiger charge is 2.17. The molecule has 2 heterocycles. The average molecular weight is 147 g/mol. The van der Waals surface area contributed by atoms with Crippen LogP contribution in [0.5, 0.6) is 0 Å². The Bertz CT molecular complexity index is 240. The zero-order chi connectivity index (χ0) is 7.68. The molecule has 0 aliphatic carbocycles. The first-order valence-electron chi connectivity index (χ1n) is 3.90. The van der Waals surface area contributed by atoms with Gasteiger partial charge in [-0.15, -0.1) is 0 Å². The van der Waals surface area contributed by atoms with Crippen LogP contribution >= 0.6 is 0 Å². The van der Waals surface area contributed by atoms with Crippen LogP contribution in [0.1, 0.15) is 24.7 Å². The first-order valence-corrected chi connectivity index (χ1v) is 3.90. The summed E-state index contributed by atoms with van der Waals surface area (Å²) in [6.07, 6.45) is 4.05. The Hall–Kier alpha value is -0.765. The molecule has 2 radical (unpaired) electrons. The van der Waals surface area contributed by atoms with Crippen molar-refractivity contribution in [3.05, 3.63) is 12.0 Å². The van der Waals surface area contributed by atoms with Crippen LogP contribution in [0.4, 0.5) is 0 Å². The van der Waals surface area contributed by atoms with Crippen LogP contribution < -0.4 is 10.9 Å². The smallest absolute Gasteiger partial charge is 0.140 e. The van der Waals surface area contributed by atoms with Gasteiger partial charge in [-0.3, -0.25) is 0 Å². The van der Waals surface area contributed by atoms with E-state index < -0.39 is 0 Å². The van der Waals surface area contributed by atoms with Crippen molar-refractivity contribution in [1.29, 1.82) is 0 Å². The highest BCUT2D eigenvalue weighted by atomic mass is 15.0. The lowest BCUT2D eigenvalue weighted by atomic mass is 10.1. The maximum atomic E-state index is 5.50. The van der Waals surface area contributed by atoms with Gasteiger partial charge in [-0.05, 0) is 25.0 Å². The molecule has 0 aromatic carbocycles. The van der Waals surface area contributed by atoms with Crippen LogP contribution in [0.2, 0.25) is 0 Å². The largest absolute Gasteiger partial charge is 0.354 e. The quantitative estimate of drug-likeness (QED) is 0.532. The van der Waals surface area contributed by atoms with E-state index in [0.717, 1.165) is 18.8 Å². The van der Waals surface area contributed by atoms with Gasteiger partial charge in [-0.1, -0.05) is 0 Å². The molecular formula is C7H10BN3. The van der Waals surface area contributed by atoms with Crippen molar-refractivity contribution >= 4 is 13.4 Å². The summed E-state index contributed by atoms with van der Waals surface area (Å²) < 4.78 is 0. The highest BCUT2D eigenvalue weighted by Crippen LogP contribution is 2.18. The van der Waals surface area contributed by atoms with E-state index in [4.69, 9.17) is 7.85 Å². The van der Waals surface area contributed by atoms with Crippen molar-refractivity contribution in [2.24, 2.45) is 0 Å². The van der Waals surface area contributed by atoms with Gasteiger partial charge in [0, 0.05) is 6.20 Å². The predicted molar refractivity (Wildman–Crippen MR) is 44.0 cm³/mol. The summed E-state index contributed by atoms with van der Waals surface area (Å²) >= 11 is 0. The molecule has 0 amide bonds. The minimum absolute atomic E-state index is 0.396. The second kappa shape index (κ2) is 2.70. The molecule has 1 aliphatic heterocycles. The minimum Gasteiger partial charge on any atom is -0.354 e. The monoisotopic (exact) mass is 147 g/mol. The number of hydrogen-bond acceptors (Lipinski definition) is 2. The predicted octanol–water partition coefficient (Wildman–Crippen LogP) is -0.372. The van der Waals surface area contributed by atoms with Gasteiger partial charge in [0.05, 0.1) is 6.04 Å². The molecular weight excluding hydrogens is 137 g/mol. The molecule has 0 saturated carbocycles. The molecule has 2 N–H and O–H groups in total. The number of hydrogen-bond donors (Lipinski definition) is 2. The molecule has 0 spiro atoms. The Labute approximate surface area is 67.0 Å². The Kier molecular flexibility index (Phi) is 1.70. The molecule has 1 fully saturated rings. The van der Waals surface area contributed by atoms with E-state index in [9.17, 15) is 0 Å². The molecule has 1 saturated heterocycles. The van der Waals surface area contributed by atoms with Crippen molar-refractivity contribution < 1.29 is 0 Å². The highest BCUT2D eigenvalue weighted by molar-refractivity contribution is 6.30. The molecule has 4 heteroatoms. The standard InChI is InChI=1S/C7H10BN3/c8-6-4-10-7(11-6)5-2-1-3-9-5/h4-5,9H,1-3H2,(H,10,11). The Morgan fingerprint density at radius 2 is 2.55 bits per heavy atom. The first-order chi connectivity index (χ1) is 5.36. The third-order valence-corrected chi connectivity index (χ3v) is 2.01. The maximum Gasteiger partial charge on any atom is 0.140 e. The number of rotatable bonds is 1. The van der Waals surface area contributed by atoms with Gasteiger partial charge in [0.2, 0.25) is 0 Å². The molecule has 1 aliphatic rings. The van der Waals surface area contributed by atoms with Crippen molar-refractivity contribution in [3.63, 3.8) is 0 Å². The molecule has 56 valence electrons. The summed E-state index contributed by atoms with van der Waals surface area (Å²) in [5, 5.41) is 3.34. The third kappa shape index (κ3) is 1.31. The SMILES string of the molecule is [B]c1cnc(C2CCCN2)[nH]1. The summed E-state index contributed by atoms with van der Waals surface area (Å²) in [5.41, 5.74) is 0.647. The van der Waals surface area contributed by atoms with Gasteiger partial charge in [0.1, 0.15) is 13.7 Å². The van der Waals surface area contributed by atoms with E-state index in [1.54, 1.807) is 6.20 Å². The van der Waals surface area contributed by atoms with Crippen LogP contribution in [-0.2, 0) is 0 Å². The second-order valence-electron chi connectivity index (χ2n) is 2.87. The van der Waals surface area contributed by atoms with Crippen LogP contribution in [0.3, 0.4) is 0 Å². The summed E-state index contributed by atoms with van der Waals surface area (Å²) in [5.74, 6) is 0.972. The number of nitrogens with zero attached hydrogens (tertiary/aromatic N) is 1. The van der Waals surface area contributed by atoms with E-state index in [-0.39, 0.29) is 0 Å². The molecule has 2 rings (SSSR count). The van der Waals surface area contributed by atoms with Crippen molar-refractivity contribution in [2.75, 3.05) is 6.54 Å². The second-order valence-corrected chi connectivity index (χ2v) is 2.87. The van der Waals surface area contributed by atoms with Crippen LogP contribution in [-0.4, -0.2) is 24.4 Å². The molecule has 1 aromatic rings. The number of nitrogens with one attached hydrogen (secondary N) is 2. The summed E-state index contributed by atoms with van der Waals surface area (Å²) in [4.78, 5) is 7.18. The summed E-state index contributed by atoms with van der Waals surface area (Å²) in [6.45, 7) is 1.09. The fraction of sp³-hybridized carbons (Fsp3) is 0.571. The lowest BCUT2D eigenvalue weighted by Gasteiger charge is -2.04. The number of imidazole rings is 1. The van der Waals surface area contributed by atoms with Crippen molar-refractivity contribution in [1.82, 2.24) is 15.3 Å². The maximum absolute atomic E-state index is 5.50. The molecule has 3 nitrogen and oxygen atoms in total. The minimum atomic E-state index is 0.396. The molecule has 1 aromatic heterocycles. The van der Waals surface area contributed by atoms with E-state index in [1.165, 1.54) is 6.42 Å². The van der Waals surface area contributed by atoms with Gasteiger partial charge in [-0.25, -0.2) is 4.98 Å². The van der Waals surface area contributed by atoms with Gasteiger partial charge in [0.25, 0.3) is 0 Å². The van der Waals surface area contributed by atoms with Crippen molar-refractivity contribution in [2.45, 2.75) is 18.9 Å². The van der Waals surface area contributed by atoms with Gasteiger partial charge < -0.3 is 10.3 Å². The number of H-pyrrole nitrogens is 1. The summed E-state index contributed by atoms with van der Waals surface area (Å²) in [6, 6.07) is 0.396. The topological polar surface area (TPSA) is 40.7 Å². The fourth-order valence-corrected chi connectivity index (χ4v) is 1.45. The lowest BCUT2D eigenvalue weighted by molar-refractivity contribution is 0.613. The van der Waals surface area contributed by atoms with Crippen molar-refractivity contribution in [3.8, 4) is 0 Å². The Morgan fingerprint density at radius 1 is 1.64 bits per heavy atom. The van der Waals surface area contributed by atoms with Crippen LogP contribution in [0.15, 0.2) is 6.20 Å². The number of aromatic nitrogens is 2. The Morgan fingerprint density at radius 3 is 3.09 bits per heavy atom. The zero-order valence-electron chi connectivity index (χ0n) is 6.30.